The third-order valence-corrected chi connectivity index (χ3v) is 6.08. The van der Waals surface area contributed by atoms with Crippen molar-refractivity contribution in [2.75, 3.05) is 20.3 Å². The molecule has 0 aliphatic carbocycles. The summed E-state index contributed by atoms with van der Waals surface area (Å²) in [6.07, 6.45) is -0.158. The highest BCUT2D eigenvalue weighted by atomic mass is 32.2. The summed E-state index contributed by atoms with van der Waals surface area (Å²) in [7, 11) is -2.38. The summed E-state index contributed by atoms with van der Waals surface area (Å²) >= 11 is 0. The molecule has 1 aliphatic heterocycles. The van der Waals surface area contributed by atoms with Gasteiger partial charge in [0.2, 0.25) is 10.0 Å². The summed E-state index contributed by atoms with van der Waals surface area (Å²) in [6.45, 7) is 4.24. The van der Waals surface area contributed by atoms with Crippen LogP contribution in [0.1, 0.15) is 28.4 Å². The van der Waals surface area contributed by atoms with Crippen molar-refractivity contribution in [3.05, 3.63) is 52.6 Å². The Balaban J connectivity index is 1.77. The number of rotatable bonds is 6. The lowest BCUT2D eigenvalue weighted by Gasteiger charge is -2.16. The Bertz CT molecular complexity index is 924. The third-order valence-electron chi connectivity index (χ3n) is 4.63. The molecule has 0 bridgehead atoms. The molecule has 1 heterocycles. The summed E-state index contributed by atoms with van der Waals surface area (Å²) in [5.74, 6) is 1.10. The minimum atomic E-state index is -3.82. The Morgan fingerprint density at radius 3 is 2.69 bits per heavy atom. The first kappa shape index (κ1) is 18.7. The average molecular weight is 377 g/mol. The van der Waals surface area contributed by atoms with Gasteiger partial charge in [-0.05, 0) is 60.4 Å². The van der Waals surface area contributed by atoms with E-state index in [9.17, 15) is 13.5 Å². The first-order chi connectivity index (χ1) is 12.3. The summed E-state index contributed by atoms with van der Waals surface area (Å²) < 4.78 is 38.5. The number of hydrogen-bond acceptors (Lipinski definition) is 5. The van der Waals surface area contributed by atoms with E-state index in [0.29, 0.717) is 12.2 Å². The monoisotopic (exact) mass is 377 g/mol. The summed E-state index contributed by atoms with van der Waals surface area (Å²) in [4.78, 5) is 0.0673. The van der Waals surface area contributed by atoms with E-state index in [-0.39, 0.29) is 17.2 Å². The van der Waals surface area contributed by atoms with Crippen LogP contribution < -0.4 is 14.2 Å². The zero-order valence-corrected chi connectivity index (χ0v) is 15.9. The number of nitrogens with one attached hydrogen (secondary N) is 1. The lowest BCUT2D eigenvalue weighted by atomic mass is 10.0. The van der Waals surface area contributed by atoms with Gasteiger partial charge in [-0.25, -0.2) is 13.1 Å². The average Bonchev–Trinajstić information content (AvgIpc) is 3.09. The fourth-order valence-electron chi connectivity index (χ4n) is 2.93. The van der Waals surface area contributed by atoms with Crippen LogP contribution >= 0.6 is 0 Å². The fraction of sp³-hybridized carbons (Fsp3) is 0.368. The van der Waals surface area contributed by atoms with Crippen molar-refractivity contribution in [1.29, 1.82) is 0 Å². The minimum Gasteiger partial charge on any atom is -0.495 e. The molecule has 1 aliphatic rings. The summed E-state index contributed by atoms with van der Waals surface area (Å²) in [6, 6.07) is 8.69. The molecule has 0 amide bonds. The third kappa shape index (κ3) is 3.70. The van der Waals surface area contributed by atoms with Gasteiger partial charge in [-0.15, -0.1) is 0 Å². The summed E-state index contributed by atoms with van der Waals surface area (Å²) in [5.41, 5.74) is 3.48. The number of methoxy groups -OCH3 is 1. The molecule has 6 nitrogen and oxygen atoms in total. The van der Waals surface area contributed by atoms with Crippen LogP contribution in [0.2, 0.25) is 0 Å². The lowest BCUT2D eigenvalue weighted by Crippen LogP contribution is -2.29. The topological polar surface area (TPSA) is 84.9 Å². The molecule has 3 rings (SSSR count). The SMILES string of the molecule is COc1cc(C)c(C)cc1S(=O)(=O)NCC(O)c1ccc2c(c1)CCO2. The normalized spacial score (nSPS) is 14.6. The van der Waals surface area contributed by atoms with E-state index in [0.717, 1.165) is 28.9 Å². The van der Waals surface area contributed by atoms with Crippen molar-refractivity contribution < 1.29 is 23.0 Å². The lowest BCUT2D eigenvalue weighted by molar-refractivity contribution is 0.182. The number of aliphatic hydroxyl groups excluding tert-OH is 1. The van der Waals surface area contributed by atoms with Gasteiger partial charge < -0.3 is 14.6 Å². The van der Waals surface area contributed by atoms with Crippen LogP contribution in [0.3, 0.4) is 0 Å². The van der Waals surface area contributed by atoms with Crippen LogP contribution in [0.15, 0.2) is 35.2 Å². The van der Waals surface area contributed by atoms with E-state index in [2.05, 4.69) is 4.72 Å². The number of sulfonamides is 1. The van der Waals surface area contributed by atoms with Crippen LogP contribution in [0.5, 0.6) is 11.5 Å². The van der Waals surface area contributed by atoms with Crippen molar-refractivity contribution in [3.8, 4) is 11.5 Å². The molecule has 0 saturated heterocycles. The maximum Gasteiger partial charge on any atom is 0.244 e. The number of aliphatic hydroxyl groups is 1. The Morgan fingerprint density at radius 1 is 1.23 bits per heavy atom. The predicted octanol–water partition coefficient (Wildman–Crippen LogP) is 2.26. The molecule has 140 valence electrons. The smallest absolute Gasteiger partial charge is 0.244 e. The Labute approximate surface area is 153 Å². The zero-order valence-electron chi connectivity index (χ0n) is 15.1. The van der Waals surface area contributed by atoms with Crippen LogP contribution in [-0.2, 0) is 16.4 Å². The summed E-state index contributed by atoms with van der Waals surface area (Å²) in [5, 5.41) is 10.4. The van der Waals surface area contributed by atoms with Gasteiger partial charge in [0.25, 0.3) is 0 Å². The Morgan fingerprint density at radius 2 is 1.96 bits per heavy atom. The second-order valence-corrected chi connectivity index (χ2v) is 8.16. The molecule has 0 saturated carbocycles. The maximum atomic E-state index is 12.7. The maximum absolute atomic E-state index is 12.7. The van der Waals surface area contributed by atoms with E-state index in [1.54, 1.807) is 18.2 Å². The molecule has 7 heteroatoms. The molecular formula is C19H23NO5S. The second-order valence-electron chi connectivity index (χ2n) is 6.42. The largest absolute Gasteiger partial charge is 0.495 e. The molecule has 1 atom stereocenters. The molecule has 1 unspecified atom stereocenters. The van der Waals surface area contributed by atoms with Gasteiger partial charge >= 0.3 is 0 Å². The second kappa shape index (κ2) is 7.26. The first-order valence-corrected chi connectivity index (χ1v) is 9.88. The van der Waals surface area contributed by atoms with Gasteiger partial charge in [-0.3, -0.25) is 0 Å². The van der Waals surface area contributed by atoms with Gasteiger partial charge in [-0.2, -0.15) is 0 Å². The van der Waals surface area contributed by atoms with Crippen LogP contribution in [0.25, 0.3) is 0 Å². The van der Waals surface area contributed by atoms with Gasteiger partial charge in [0, 0.05) is 13.0 Å². The van der Waals surface area contributed by atoms with Gasteiger partial charge in [0.1, 0.15) is 16.4 Å². The highest BCUT2D eigenvalue weighted by Crippen LogP contribution is 2.29. The van der Waals surface area contributed by atoms with Gasteiger partial charge in [0.15, 0.2) is 0 Å². The molecule has 0 radical (unpaired) electrons. The van der Waals surface area contributed by atoms with Crippen molar-refractivity contribution >= 4 is 10.0 Å². The molecule has 2 N–H and O–H groups in total. The molecule has 26 heavy (non-hydrogen) atoms. The highest BCUT2D eigenvalue weighted by Gasteiger charge is 2.22. The molecule has 2 aromatic carbocycles. The molecular weight excluding hydrogens is 354 g/mol. The van der Waals surface area contributed by atoms with Gasteiger partial charge in [0.05, 0.1) is 19.8 Å². The zero-order chi connectivity index (χ0) is 18.9. The van der Waals surface area contributed by atoms with E-state index in [1.807, 2.05) is 26.0 Å². The van der Waals surface area contributed by atoms with E-state index < -0.39 is 16.1 Å². The number of hydrogen-bond donors (Lipinski definition) is 2. The van der Waals surface area contributed by atoms with E-state index in [4.69, 9.17) is 9.47 Å². The number of aryl methyl sites for hydroxylation is 2. The number of fused-ring (bicyclic) bond motifs is 1. The van der Waals surface area contributed by atoms with Crippen molar-refractivity contribution in [3.63, 3.8) is 0 Å². The molecule has 0 spiro atoms. The van der Waals surface area contributed by atoms with Crippen molar-refractivity contribution in [1.82, 2.24) is 4.72 Å². The molecule has 0 fully saturated rings. The van der Waals surface area contributed by atoms with Crippen LogP contribution in [-0.4, -0.2) is 33.8 Å². The predicted molar refractivity (Wildman–Crippen MR) is 98.3 cm³/mol. The van der Waals surface area contributed by atoms with E-state index in [1.165, 1.54) is 7.11 Å². The standard InChI is InChI=1S/C19H23NO5S/c1-12-8-18(24-3)19(9-13(12)2)26(22,23)20-11-16(21)14-4-5-17-15(10-14)6-7-25-17/h4-5,8-10,16,20-21H,6-7,11H2,1-3H3. The van der Waals surface area contributed by atoms with Crippen LogP contribution in [0, 0.1) is 13.8 Å². The minimum absolute atomic E-state index is 0.0673. The fourth-order valence-corrected chi connectivity index (χ4v) is 4.20. The van der Waals surface area contributed by atoms with Crippen molar-refractivity contribution in [2.45, 2.75) is 31.3 Å². The number of ether oxygens (including phenoxy) is 2. The number of benzene rings is 2. The van der Waals surface area contributed by atoms with E-state index >= 15 is 0 Å². The van der Waals surface area contributed by atoms with Crippen LogP contribution in [0.4, 0.5) is 0 Å². The quantitative estimate of drug-likeness (QED) is 0.807. The Kier molecular flexibility index (Phi) is 5.22. The Hall–Kier alpha value is -2.09. The highest BCUT2D eigenvalue weighted by molar-refractivity contribution is 7.89. The molecule has 0 aromatic heterocycles. The van der Waals surface area contributed by atoms with Gasteiger partial charge in [-0.1, -0.05) is 6.07 Å². The molecule has 2 aromatic rings. The van der Waals surface area contributed by atoms with Crippen molar-refractivity contribution in [2.24, 2.45) is 0 Å². The first-order valence-electron chi connectivity index (χ1n) is 8.40.